The highest BCUT2D eigenvalue weighted by Crippen LogP contribution is 2.38. The van der Waals surface area contributed by atoms with Gasteiger partial charge in [-0.15, -0.1) is 0 Å². The molecule has 0 aliphatic carbocycles. The van der Waals surface area contributed by atoms with Crippen LogP contribution in [-0.4, -0.2) is 84.7 Å². The van der Waals surface area contributed by atoms with Gasteiger partial charge in [-0.05, 0) is 42.3 Å². The molecule has 254 valence electrons. The number of likely N-dealkylation sites (tertiary alicyclic amines) is 1. The third-order valence-electron chi connectivity index (χ3n) is 8.64. The van der Waals surface area contributed by atoms with Crippen LogP contribution in [0.3, 0.4) is 0 Å². The van der Waals surface area contributed by atoms with Crippen molar-refractivity contribution >= 4 is 34.9 Å². The van der Waals surface area contributed by atoms with Crippen molar-refractivity contribution in [1.82, 2.24) is 14.9 Å². The molecule has 13 heteroatoms. The van der Waals surface area contributed by atoms with E-state index in [2.05, 4.69) is 9.97 Å². The molecule has 2 aliphatic heterocycles. The Morgan fingerprint density at radius 3 is 2.47 bits per heavy atom. The number of esters is 2. The summed E-state index contributed by atoms with van der Waals surface area (Å²) < 4.78 is 31.9. The summed E-state index contributed by atoms with van der Waals surface area (Å²) >= 11 is 0. The van der Waals surface area contributed by atoms with Gasteiger partial charge in [-0.25, -0.2) is 19.4 Å². The van der Waals surface area contributed by atoms with Crippen molar-refractivity contribution in [2.45, 2.75) is 45.0 Å². The van der Waals surface area contributed by atoms with E-state index >= 15 is 0 Å². The van der Waals surface area contributed by atoms with E-state index in [0.717, 1.165) is 10.9 Å². The molecule has 1 saturated heterocycles. The number of hydrogen-bond acceptors (Lipinski definition) is 12. The number of carbonyl (C=O) groups excluding carboxylic acids is 4. The zero-order valence-corrected chi connectivity index (χ0v) is 27.5. The van der Waals surface area contributed by atoms with Crippen molar-refractivity contribution in [3.63, 3.8) is 0 Å². The van der Waals surface area contributed by atoms with Crippen LogP contribution in [0.5, 0.6) is 11.5 Å². The Bertz CT molecular complexity index is 1940. The lowest BCUT2D eigenvalue weighted by Gasteiger charge is -2.43. The zero-order valence-electron chi connectivity index (χ0n) is 27.5. The first-order chi connectivity index (χ1) is 23.6. The Morgan fingerprint density at radius 2 is 1.73 bits per heavy atom. The first kappa shape index (κ1) is 33.2. The summed E-state index contributed by atoms with van der Waals surface area (Å²) in [6.07, 6.45) is 2.21. The molecule has 1 atom stereocenters. The maximum atomic E-state index is 13.6. The van der Waals surface area contributed by atoms with E-state index < -0.39 is 30.0 Å². The third kappa shape index (κ3) is 6.82. The van der Waals surface area contributed by atoms with Gasteiger partial charge in [0.25, 0.3) is 5.91 Å². The minimum atomic E-state index is -1.17. The van der Waals surface area contributed by atoms with Gasteiger partial charge in [0.05, 0.1) is 32.0 Å². The molecule has 1 spiro atoms. The minimum Gasteiger partial charge on any atom is -0.496 e. The van der Waals surface area contributed by atoms with E-state index in [9.17, 15) is 19.2 Å². The number of methoxy groups -OCH3 is 2. The number of hydrogen-bond donors (Lipinski definition) is 0. The van der Waals surface area contributed by atoms with Gasteiger partial charge >= 0.3 is 18.1 Å². The molecule has 2 aromatic carbocycles. The molecule has 13 nitrogen and oxygen atoms in total. The molecule has 1 fully saturated rings. The fraction of sp³-hybridized carbons (Fsp3) is 0.333. The third-order valence-corrected chi connectivity index (χ3v) is 8.64. The van der Waals surface area contributed by atoms with Gasteiger partial charge in [-0.2, -0.15) is 0 Å². The average molecular weight is 670 g/mol. The molecule has 0 bridgehead atoms. The van der Waals surface area contributed by atoms with Crippen molar-refractivity contribution in [3.8, 4) is 22.6 Å². The number of amides is 1. The quantitative estimate of drug-likeness (QED) is 0.135. The fourth-order valence-electron chi connectivity index (χ4n) is 6.17. The van der Waals surface area contributed by atoms with Crippen LogP contribution in [0, 0.1) is 0 Å². The number of aromatic nitrogens is 2. The number of benzene rings is 2. The molecule has 1 amide bonds. The van der Waals surface area contributed by atoms with Crippen LogP contribution < -0.4 is 9.47 Å². The number of carbonyl (C=O) groups is 4. The largest absolute Gasteiger partial charge is 0.511 e. The smallest absolute Gasteiger partial charge is 0.496 e. The molecule has 49 heavy (non-hydrogen) atoms. The summed E-state index contributed by atoms with van der Waals surface area (Å²) in [5, 5.41) is 0.742. The maximum absolute atomic E-state index is 13.6. The second-order valence-electron chi connectivity index (χ2n) is 11.7. The van der Waals surface area contributed by atoms with E-state index in [4.69, 9.17) is 28.4 Å². The molecule has 4 heterocycles. The van der Waals surface area contributed by atoms with Crippen molar-refractivity contribution in [1.29, 1.82) is 0 Å². The van der Waals surface area contributed by atoms with Gasteiger partial charge in [0.1, 0.15) is 28.3 Å². The number of pyridine rings is 2. The summed E-state index contributed by atoms with van der Waals surface area (Å²) in [4.78, 5) is 61.7. The monoisotopic (exact) mass is 669 g/mol. The van der Waals surface area contributed by atoms with Crippen LogP contribution in [0.15, 0.2) is 60.9 Å². The molecule has 0 radical (unpaired) electrons. The Hall–Kier alpha value is -5.72. The highest BCUT2D eigenvalue weighted by molar-refractivity contribution is 5.99. The predicted octanol–water partition coefficient (Wildman–Crippen LogP) is 5.38. The lowest BCUT2D eigenvalue weighted by Crippen LogP contribution is -2.52. The predicted molar refractivity (Wildman–Crippen MR) is 174 cm³/mol. The molecule has 1 unspecified atom stereocenters. The molecular formula is C36H35N3O10. The second kappa shape index (κ2) is 13.8. The molecule has 2 aromatic heterocycles. The minimum absolute atomic E-state index is 0.123. The van der Waals surface area contributed by atoms with Crippen LogP contribution in [0.1, 0.15) is 63.5 Å². The lowest BCUT2D eigenvalue weighted by molar-refractivity contribution is -0.0812. The molecule has 4 aromatic rings. The molecular weight excluding hydrogens is 634 g/mol. The number of para-hydroxylation sites is 1. The summed E-state index contributed by atoms with van der Waals surface area (Å²) in [5.74, 6) is -0.377. The molecule has 0 N–H and O–H groups in total. The van der Waals surface area contributed by atoms with Gasteiger partial charge in [-0.3, -0.25) is 9.78 Å². The van der Waals surface area contributed by atoms with Crippen molar-refractivity contribution < 1.29 is 47.6 Å². The number of piperidine rings is 1. The Labute approximate surface area is 282 Å². The summed E-state index contributed by atoms with van der Waals surface area (Å²) in [6.45, 7) is 3.91. The topological polar surface area (TPSA) is 153 Å². The Morgan fingerprint density at radius 1 is 0.959 bits per heavy atom. The standard InChI is InChI=1S/C36H35N3O10/c1-5-46-35(43)48-21(2)47-33(41)25-15-24(19-37-20-25)22-9-10-23-18-36(49-34(42)27(23)16-22)11-13-39(14-12-36)32(40)28-17-30(45-4)26-7-6-8-29(44-3)31(26)38-28/h6-10,15-17,19-21H,5,11-14,18H2,1-4H3. The maximum Gasteiger partial charge on any atom is 0.511 e. The zero-order chi connectivity index (χ0) is 34.7. The van der Waals surface area contributed by atoms with Crippen molar-refractivity contribution in [2.24, 2.45) is 0 Å². The first-order valence-corrected chi connectivity index (χ1v) is 15.8. The van der Waals surface area contributed by atoms with Gasteiger partial charge in [0.15, 0.2) is 0 Å². The Kier molecular flexibility index (Phi) is 9.34. The Balaban J connectivity index is 1.13. The molecule has 6 rings (SSSR count). The summed E-state index contributed by atoms with van der Waals surface area (Å²) in [7, 11) is 3.10. The number of ether oxygens (including phenoxy) is 6. The average Bonchev–Trinajstić information content (AvgIpc) is 3.10. The van der Waals surface area contributed by atoms with E-state index in [1.165, 1.54) is 13.1 Å². The fourth-order valence-corrected chi connectivity index (χ4v) is 6.17. The van der Waals surface area contributed by atoms with Crippen LogP contribution in [0.2, 0.25) is 0 Å². The number of rotatable bonds is 8. The van der Waals surface area contributed by atoms with Crippen LogP contribution >= 0.6 is 0 Å². The SMILES string of the molecule is CCOC(=O)OC(C)OC(=O)c1cncc(-c2ccc3c(c2)C(=O)OC2(CCN(C(=O)c4cc(OC)c5cccc(OC)c5n4)CC2)C3)c1. The van der Waals surface area contributed by atoms with Gasteiger partial charge in [-0.1, -0.05) is 18.2 Å². The van der Waals surface area contributed by atoms with Gasteiger partial charge in [0, 0.05) is 68.7 Å². The van der Waals surface area contributed by atoms with Crippen LogP contribution in [0.25, 0.3) is 22.0 Å². The number of nitrogens with zero attached hydrogens (tertiary/aromatic N) is 3. The van der Waals surface area contributed by atoms with Crippen molar-refractivity contribution in [2.75, 3.05) is 33.9 Å². The van der Waals surface area contributed by atoms with Crippen LogP contribution in [0.4, 0.5) is 4.79 Å². The highest BCUT2D eigenvalue weighted by atomic mass is 16.8. The van der Waals surface area contributed by atoms with Crippen molar-refractivity contribution in [3.05, 3.63) is 83.3 Å². The normalized spacial score (nSPS) is 15.5. The van der Waals surface area contributed by atoms with E-state index in [-0.39, 0.29) is 23.8 Å². The second-order valence-corrected chi connectivity index (χ2v) is 11.7. The van der Waals surface area contributed by atoms with E-state index in [0.29, 0.717) is 66.1 Å². The van der Waals surface area contributed by atoms with E-state index in [1.807, 2.05) is 24.3 Å². The van der Waals surface area contributed by atoms with Crippen LogP contribution in [-0.2, 0) is 25.4 Å². The first-order valence-electron chi connectivity index (χ1n) is 15.8. The highest BCUT2D eigenvalue weighted by Gasteiger charge is 2.44. The van der Waals surface area contributed by atoms with Gasteiger partial charge in [0.2, 0.25) is 6.29 Å². The van der Waals surface area contributed by atoms with E-state index in [1.54, 1.807) is 56.5 Å². The lowest BCUT2D eigenvalue weighted by atomic mass is 9.81. The van der Waals surface area contributed by atoms with Gasteiger partial charge < -0.3 is 33.3 Å². The molecule has 2 aliphatic rings. The molecule has 0 saturated carbocycles. The number of fused-ring (bicyclic) bond motifs is 2. The summed E-state index contributed by atoms with van der Waals surface area (Å²) in [6, 6.07) is 14.1. The summed E-state index contributed by atoms with van der Waals surface area (Å²) in [5.41, 5.74) is 2.66.